The van der Waals surface area contributed by atoms with Gasteiger partial charge in [-0.3, -0.25) is 9.78 Å². The number of nitrogens with zero attached hydrogens (tertiary/aromatic N) is 8. The second kappa shape index (κ2) is 14.1. The number of hydrogen-bond donors (Lipinski definition) is 1. The number of carbonyl (C=O) groups excluding carboxylic acids is 1. The lowest BCUT2D eigenvalue weighted by atomic mass is 9.96. The number of phenols is 1. The van der Waals surface area contributed by atoms with E-state index in [9.17, 15) is 32.7 Å². The normalized spacial score (nSPS) is 22.9. The van der Waals surface area contributed by atoms with Crippen molar-refractivity contribution in [2.24, 2.45) is 5.92 Å². The Labute approximate surface area is 327 Å². The molecular weight excluding hydrogens is 766 g/mol. The highest BCUT2D eigenvalue weighted by Crippen LogP contribution is 2.42. The van der Waals surface area contributed by atoms with Crippen molar-refractivity contribution in [1.82, 2.24) is 24.8 Å². The van der Waals surface area contributed by atoms with Crippen LogP contribution in [0.5, 0.6) is 11.8 Å². The molecule has 58 heavy (non-hydrogen) atoms. The molecule has 2 aromatic carbocycles. The number of terminal acetylenes is 1. The molecule has 5 atom stereocenters. The monoisotopic (exact) mass is 798 g/mol. The third kappa shape index (κ3) is 6.40. The van der Waals surface area contributed by atoms with E-state index in [1.165, 1.54) is 36.5 Å². The Morgan fingerprint density at radius 2 is 1.93 bits per heavy atom. The number of ether oxygens (including phenoxy) is 1. The molecule has 6 heterocycles. The van der Waals surface area contributed by atoms with E-state index < -0.39 is 53.2 Å². The van der Waals surface area contributed by atoms with Crippen molar-refractivity contribution in [3.05, 3.63) is 84.3 Å². The molecule has 5 aromatic rings. The molecule has 1 unspecified atom stereocenters. The lowest BCUT2D eigenvalue weighted by molar-refractivity contribution is -0.141. The van der Waals surface area contributed by atoms with Crippen LogP contribution in [0, 0.1) is 41.2 Å². The van der Waals surface area contributed by atoms with Crippen molar-refractivity contribution in [3.8, 4) is 41.4 Å². The maximum absolute atomic E-state index is 17.1. The number of hydrogen-bond acceptors (Lipinski definition) is 10. The van der Waals surface area contributed by atoms with Crippen LogP contribution in [0.1, 0.15) is 31.0 Å². The first-order chi connectivity index (χ1) is 27.6. The first kappa shape index (κ1) is 38.3. The number of alkyl halides is 4. The van der Waals surface area contributed by atoms with Crippen molar-refractivity contribution in [3.63, 3.8) is 0 Å². The highest BCUT2D eigenvalue weighted by atomic mass is 19.4. The van der Waals surface area contributed by atoms with Crippen LogP contribution in [0.25, 0.3) is 32.9 Å². The predicted octanol–water partition coefficient (Wildman–Crippen LogP) is 6.73. The molecule has 0 spiro atoms. The summed E-state index contributed by atoms with van der Waals surface area (Å²) in [7, 11) is 0. The minimum atomic E-state index is -4.68. The van der Waals surface area contributed by atoms with Gasteiger partial charge < -0.3 is 24.5 Å². The Bertz CT molecular complexity index is 2590. The fourth-order valence-electron chi connectivity index (χ4n) is 8.55. The van der Waals surface area contributed by atoms with E-state index in [-0.39, 0.29) is 94.9 Å². The molecule has 1 N–H and O–H groups in total. The lowest BCUT2D eigenvalue weighted by Crippen LogP contribution is -2.56. The molecule has 0 saturated carbocycles. The Hall–Kier alpha value is -6.62. The quantitative estimate of drug-likeness (QED) is 0.108. The van der Waals surface area contributed by atoms with E-state index >= 15 is 8.78 Å². The number of carbonyl (C=O) groups is 1. The van der Waals surface area contributed by atoms with E-state index in [0.717, 1.165) is 18.3 Å². The highest BCUT2D eigenvalue weighted by molar-refractivity contribution is 6.03. The first-order valence-corrected chi connectivity index (χ1v) is 18.1. The summed E-state index contributed by atoms with van der Waals surface area (Å²) in [5, 5.41) is 21.2. The van der Waals surface area contributed by atoms with Crippen LogP contribution in [0.15, 0.2) is 61.4 Å². The fourth-order valence-corrected chi connectivity index (χ4v) is 8.55. The van der Waals surface area contributed by atoms with Gasteiger partial charge in [-0.15, -0.1) is 6.42 Å². The number of amides is 1. The van der Waals surface area contributed by atoms with E-state index in [0.29, 0.717) is 11.8 Å². The third-order valence-corrected chi connectivity index (χ3v) is 11.1. The van der Waals surface area contributed by atoms with E-state index in [1.807, 2.05) is 0 Å². The Morgan fingerprint density at radius 1 is 1.14 bits per heavy atom. The summed E-state index contributed by atoms with van der Waals surface area (Å²) >= 11 is 0. The number of aromatic hydroxyl groups is 1. The Morgan fingerprint density at radius 3 is 2.62 bits per heavy atom. The van der Waals surface area contributed by atoms with Crippen molar-refractivity contribution < 1.29 is 41.0 Å². The second-order valence-electron chi connectivity index (χ2n) is 14.8. The largest absolute Gasteiger partial charge is 0.508 e. The molecule has 0 radical (unpaired) electrons. The summed E-state index contributed by atoms with van der Waals surface area (Å²) in [5.74, 6) is -0.439. The molecule has 8 rings (SSSR count). The van der Waals surface area contributed by atoms with Gasteiger partial charge in [0.05, 0.1) is 59.0 Å². The van der Waals surface area contributed by atoms with Gasteiger partial charge in [-0.2, -0.15) is 28.4 Å². The second-order valence-corrected chi connectivity index (χ2v) is 14.8. The van der Waals surface area contributed by atoms with Gasteiger partial charge in [-0.05, 0) is 55.1 Å². The summed E-state index contributed by atoms with van der Waals surface area (Å²) in [5.41, 5.74) is -2.88. The van der Waals surface area contributed by atoms with E-state index in [2.05, 4.69) is 38.5 Å². The lowest BCUT2D eigenvalue weighted by Gasteiger charge is -2.41. The average molecular weight is 799 g/mol. The number of pyridine rings is 2. The molecule has 1 amide bonds. The van der Waals surface area contributed by atoms with Crippen LogP contribution < -0.4 is 14.5 Å². The molecule has 3 saturated heterocycles. The van der Waals surface area contributed by atoms with Crippen LogP contribution in [0.2, 0.25) is 0 Å². The summed E-state index contributed by atoms with van der Waals surface area (Å²) in [6.45, 7) is 5.07. The maximum atomic E-state index is 17.1. The van der Waals surface area contributed by atoms with Crippen LogP contribution in [0.4, 0.5) is 37.8 Å². The summed E-state index contributed by atoms with van der Waals surface area (Å²) in [6.07, 6.45) is 3.40. The topological polar surface area (TPSA) is 132 Å². The number of fused-ring (bicyclic) bond motifs is 4. The molecule has 17 heteroatoms. The van der Waals surface area contributed by atoms with Crippen molar-refractivity contribution in [2.45, 2.75) is 49.7 Å². The summed E-state index contributed by atoms with van der Waals surface area (Å²) in [6, 6.07) is 7.99. The molecule has 11 nitrogen and oxygen atoms in total. The fraction of sp³-hybridized carbons (Fsp3) is 0.317. The molecule has 0 aliphatic carbocycles. The zero-order valence-electron chi connectivity index (χ0n) is 30.6. The van der Waals surface area contributed by atoms with E-state index in [4.69, 9.17) is 11.2 Å². The van der Waals surface area contributed by atoms with Crippen LogP contribution in [0.3, 0.4) is 0 Å². The van der Waals surface area contributed by atoms with E-state index in [1.54, 1.807) is 21.6 Å². The van der Waals surface area contributed by atoms with Crippen molar-refractivity contribution >= 4 is 39.1 Å². The summed E-state index contributed by atoms with van der Waals surface area (Å²) in [4.78, 5) is 34.9. The smallest absolute Gasteiger partial charge is 0.433 e. The number of piperazine rings is 1. The number of phenolic OH excluding ortho intramolecular Hbond substituents is 1. The van der Waals surface area contributed by atoms with Gasteiger partial charge in [0, 0.05) is 36.7 Å². The highest BCUT2D eigenvalue weighted by Gasteiger charge is 2.49. The van der Waals surface area contributed by atoms with Gasteiger partial charge in [-0.25, -0.2) is 18.2 Å². The number of anilines is 2. The van der Waals surface area contributed by atoms with Crippen molar-refractivity contribution in [1.29, 1.82) is 5.26 Å². The maximum Gasteiger partial charge on any atom is 0.433 e. The van der Waals surface area contributed by atoms with Crippen LogP contribution in [-0.4, -0.2) is 85.9 Å². The molecule has 3 fully saturated rings. The zero-order chi connectivity index (χ0) is 41.3. The molecular formula is C41H32F6N8O3. The number of aromatic nitrogens is 4. The number of benzene rings is 2. The Kier molecular flexibility index (Phi) is 9.29. The van der Waals surface area contributed by atoms with Crippen molar-refractivity contribution in [2.75, 3.05) is 36.0 Å². The molecule has 296 valence electrons. The van der Waals surface area contributed by atoms with Crippen LogP contribution in [-0.2, 0) is 11.0 Å². The average Bonchev–Trinajstić information content (AvgIpc) is 3.63. The SMILES string of the molecule is C#Cc1c(F)ccc2cc(O)cc(-c3ncc4c(N5C[C@H]6CC(C#N)[C@@H](C5)N6C(=O)C=C)nc(OC[C@]5(C)C[C@@H](F)CN5c5ccc(C(F)(F)F)nc5)nc4c3F)c12. The van der Waals surface area contributed by atoms with Crippen LogP contribution >= 0.6 is 0 Å². The molecule has 3 aromatic heterocycles. The predicted molar refractivity (Wildman–Crippen MR) is 200 cm³/mol. The number of halogens is 6. The third-order valence-electron chi connectivity index (χ3n) is 11.1. The minimum absolute atomic E-state index is 0.0239. The number of nitriles is 1. The molecule has 3 aliphatic rings. The van der Waals surface area contributed by atoms with Gasteiger partial charge >= 0.3 is 12.2 Å². The van der Waals surface area contributed by atoms with Gasteiger partial charge in [0.25, 0.3) is 0 Å². The minimum Gasteiger partial charge on any atom is -0.508 e. The Balaban J connectivity index is 1.24. The first-order valence-electron chi connectivity index (χ1n) is 18.1. The van der Waals surface area contributed by atoms with Gasteiger partial charge in [0.1, 0.15) is 47.1 Å². The van der Waals surface area contributed by atoms with Gasteiger partial charge in [-0.1, -0.05) is 18.6 Å². The number of rotatable bonds is 7. The molecule has 3 aliphatic heterocycles. The standard InChI is InChI=1S/C41H32F6N8O3/c1-4-27-30(43)8-6-21-11-26(56)12-28(34(21)27)36-35(44)37-29(16-50-36)38(53-18-25-10-22(14-48)31(19-53)55(25)33(57)5-2)52-39(51-37)58-20-40(3)13-23(42)17-54(40)24-7-9-32(49-15-24)41(45,46)47/h1,5-9,11-12,15-16,22-23,25,31,56H,2,10,13,17-20H2,3H3/t22?,23-,25-,31-,40+/m1/s1. The zero-order valence-corrected chi connectivity index (χ0v) is 30.6. The van der Waals surface area contributed by atoms with Gasteiger partial charge in [0.15, 0.2) is 5.82 Å². The molecule has 2 bridgehead atoms. The van der Waals surface area contributed by atoms with Gasteiger partial charge in [0.2, 0.25) is 5.91 Å². The summed E-state index contributed by atoms with van der Waals surface area (Å²) < 4.78 is 93.2.